The summed E-state index contributed by atoms with van der Waals surface area (Å²) in [6.45, 7) is 1.89. The van der Waals surface area contributed by atoms with E-state index < -0.39 is 16.6 Å². The van der Waals surface area contributed by atoms with E-state index in [2.05, 4.69) is 0 Å². The van der Waals surface area contributed by atoms with Gasteiger partial charge in [0, 0.05) is 10.5 Å². The molecule has 0 aliphatic rings. The molecule has 0 bridgehead atoms. The van der Waals surface area contributed by atoms with Gasteiger partial charge < -0.3 is 4.74 Å². The molecule has 0 saturated carbocycles. The minimum absolute atomic E-state index is 0.0753. The minimum Gasteiger partial charge on any atom is -0.494 e. The molecule has 1 atom stereocenters. The molecule has 0 spiro atoms. The molecule has 0 aromatic heterocycles. The number of rotatable bonds is 5. The molecule has 5 heteroatoms. The second kappa shape index (κ2) is 6.63. The molecule has 2 rings (SSSR count). The van der Waals surface area contributed by atoms with Gasteiger partial charge in [-0.05, 0) is 42.8 Å². The highest BCUT2D eigenvalue weighted by Gasteiger charge is 2.14. The largest absolute Gasteiger partial charge is 0.494 e. The Bertz CT molecular complexity index is 698. The van der Waals surface area contributed by atoms with Crippen LogP contribution >= 0.6 is 0 Å². The van der Waals surface area contributed by atoms with Crippen LogP contribution in [0.3, 0.4) is 0 Å². The summed E-state index contributed by atoms with van der Waals surface area (Å²) in [5.41, 5.74) is 1.16. The lowest BCUT2D eigenvalue weighted by Gasteiger charge is -2.05. The van der Waals surface area contributed by atoms with E-state index in [1.165, 1.54) is 19.2 Å². The van der Waals surface area contributed by atoms with Crippen LogP contribution in [0.1, 0.15) is 15.9 Å². The van der Waals surface area contributed by atoms with Crippen LogP contribution in [0.25, 0.3) is 0 Å². The number of ketones is 1. The van der Waals surface area contributed by atoms with Gasteiger partial charge in [0.05, 0.1) is 23.7 Å². The van der Waals surface area contributed by atoms with Crippen molar-refractivity contribution < 1.29 is 18.1 Å². The van der Waals surface area contributed by atoms with Crippen LogP contribution in [0.15, 0.2) is 47.4 Å². The summed E-state index contributed by atoms with van der Waals surface area (Å²) in [6.07, 6.45) is 0. The lowest BCUT2D eigenvalue weighted by molar-refractivity contribution is 0.102. The van der Waals surface area contributed by atoms with Crippen molar-refractivity contribution >= 4 is 16.6 Å². The Morgan fingerprint density at radius 2 is 2.00 bits per heavy atom. The predicted molar refractivity (Wildman–Crippen MR) is 79.7 cm³/mol. The molecule has 21 heavy (non-hydrogen) atoms. The molecule has 2 aromatic carbocycles. The quantitative estimate of drug-likeness (QED) is 0.797. The molecule has 3 nitrogen and oxygen atoms in total. The third-order valence-electron chi connectivity index (χ3n) is 2.99. The van der Waals surface area contributed by atoms with Crippen molar-refractivity contribution in [3.63, 3.8) is 0 Å². The van der Waals surface area contributed by atoms with Gasteiger partial charge in [-0.2, -0.15) is 0 Å². The predicted octanol–water partition coefficient (Wildman–Crippen LogP) is 3.13. The normalized spacial score (nSPS) is 12.0. The molecule has 110 valence electrons. The topological polar surface area (TPSA) is 43.4 Å². The lowest BCUT2D eigenvalue weighted by atomic mass is 10.1. The molecule has 2 aromatic rings. The highest BCUT2D eigenvalue weighted by molar-refractivity contribution is 7.85. The summed E-state index contributed by atoms with van der Waals surface area (Å²) in [6, 6.07) is 11.1. The highest BCUT2D eigenvalue weighted by Crippen LogP contribution is 2.19. The van der Waals surface area contributed by atoms with Crippen LogP contribution in [-0.2, 0) is 10.8 Å². The van der Waals surface area contributed by atoms with E-state index in [9.17, 15) is 13.4 Å². The summed E-state index contributed by atoms with van der Waals surface area (Å²) in [5, 5.41) is 0. The summed E-state index contributed by atoms with van der Waals surface area (Å²) >= 11 is 0. The van der Waals surface area contributed by atoms with Gasteiger partial charge in [-0.3, -0.25) is 9.00 Å². The fraction of sp³-hybridized carbons (Fsp3) is 0.188. The Labute approximate surface area is 125 Å². The maximum absolute atomic E-state index is 13.6. The smallest absolute Gasteiger partial charge is 0.175 e. The van der Waals surface area contributed by atoms with E-state index in [0.717, 1.165) is 11.6 Å². The van der Waals surface area contributed by atoms with Crippen LogP contribution < -0.4 is 4.74 Å². The van der Waals surface area contributed by atoms with E-state index in [0.29, 0.717) is 4.90 Å². The van der Waals surface area contributed by atoms with E-state index in [1.807, 2.05) is 13.0 Å². The van der Waals surface area contributed by atoms with Crippen molar-refractivity contribution in [2.24, 2.45) is 0 Å². The van der Waals surface area contributed by atoms with Gasteiger partial charge in [0.1, 0.15) is 0 Å². The maximum atomic E-state index is 13.6. The molecule has 0 N–H and O–H groups in total. The van der Waals surface area contributed by atoms with Crippen LogP contribution in [-0.4, -0.2) is 22.9 Å². The Morgan fingerprint density at radius 3 is 2.62 bits per heavy atom. The number of ether oxygens (including phenoxy) is 1. The first-order valence-corrected chi connectivity index (χ1v) is 7.65. The minimum atomic E-state index is -1.44. The van der Waals surface area contributed by atoms with Crippen molar-refractivity contribution in [1.82, 2.24) is 0 Å². The number of Topliss-reactive ketones (excluding diaryl/α,β-unsaturated/α-hetero) is 1. The van der Waals surface area contributed by atoms with Crippen molar-refractivity contribution in [2.45, 2.75) is 11.8 Å². The van der Waals surface area contributed by atoms with Gasteiger partial charge in [-0.15, -0.1) is 0 Å². The molecule has 0 radical (unpaired) electrons. The summed E-state index contributed by atoms with van der Waals surface area (Å²) in [4.78, 5) is 12.7. The first-order chi connectivity index (χ1) is 10.0. The molecule has 0 fully saturated rings. The van der Waals surface area contributed by atoms with E-state index in [1.54, 1.807) is 18.2 Å². The number of hydrogen-bond donors (Lipinski definition) is 0. The second-order valence-corrected chi connectivity index (χ2v) is 6.03. The number of halogens is 1. The Hall–Kier alpha value is -2.01. The van der Waals surface area contributed by atoms with Crippen molar-refractivity contribution in [3.8, 4) is 5.75 Å². The number of carbonyl (C=O) groups is 1. The van der Waals surface area contributed by atoms with Gasteiger partial charge in [-0.1, -0.05) is 12.1 Å². The third-order valence-corrected chi connectivity index (χ3v) is 4.29. The summed E-state index contributed by atoms with van der Waals surface area (Å²) in [7, 11) is -0.0874. The molecule has 0 amide bonds. The second-order valence-electron chi connectivity index (χ2n) is 4.58. The van der Waals surface area contributed by atoms with Crippen LogP contribution in [0.5, 0.6) is 5.75 Å². The van der Waals surface area contributed by atoms with Crippen LogP contribution in [0.2, 0.25) is 0 Å². The van der Waals surface area contributed by atoms with Crippen molar-refractivity contribution in [1.29, 1.82) is 0 Å². The maximum Gasteiger partial charge on any atom is 0.175 e. The molecule has 0 heterocycles. The van der Waals surface area contributed by atoms with Crippen LogP contribution in [0, 0.1) is 12.7 Å². The fourth-order valence-electron chi connectivity index (χ4n) is 1.88. The average molecular weight is 306 g/mol. The number of hydrogen-bond acceptors (Lipinski definition) is 3. The van der Waals surface area contributed by atoms with Crippen molar-refractivity contribution in [3.05, 3.63) is 59.4 Å². The molecular formula is C16H15FO3S. The zero-order valence-electron chi connectivity index (χ0n) is 11.8. The molecule has 0 aliphatic heterocycles. The summed E-state index contributed by atoms with van der Waals surface area (Å²) in [5.74, 6) is -1.07. The van der Waals surface area contributed by atoms with Gasteiger partial charge in [0.15, 0.2) is 17.3 Å². The van der Waals surface area contributed by atoms with E-state index >= 15 is 0 Å². The Kier molecular flexibility index (Phi) is 4.85. The summed E-state index contributed by atoms with van der Waals surface area (Å²) < 4.78 is 30.5. The molecule has 0 saturated heterocycles. The van der Waals surface area contributed by atoms with Gasteiger partial charge in [0.25, 0.3) is 0 Å². The molecule has 1 unspecified atom stereocenters. The Balaban J connectivity index is 2.14. The van der Waals surface area contributed by atoms with Gasteiger partial charge >= 0.3 is 0 Å². The zero-order valence-corrected chi connectivity index (χ0v) is 12.6. The monoisotopic (exact) mass is 306 g/mol. The highest BCUT2D eigenvalue weighted by atomic mass is 32.2. The fourth-order valence-corrected chi connectivity index (χ4v) is 3.00. The van der Waals surface area contributed by atoms with Crippen molar-refractivity contribution in [2.75, 3.05) is 12.9 Å². The number of methoxy groups -OCH3 is 1. The first-order valence-electron chi connectivity index (χ1n) is 6.33. The number of aryl methyl sites for hydroxylation is 1. The average Bonchev–Trinajstić information content (AvgIpc) is 2.47. The first kappa shape index (κ1) is 15.4. The number of benzene rings is 2. The standard InChI is InChI=1S/C16H15FO3S/c1-11-4-3-5-13(8-11)21(19)10-15(18)12-6-7-16(20-2)14(17)9-12/h3-9H,10H2,1-2H3. The van der Waals surface area contributed by atoms with Gasteiger partial charge in [-0.25, -0.2) is 4.39 Å². The zero-order chi connectivity index (χ0) is 15.4. The lowest BCUT2D eigenvalue weighted by Crippen LogP contribution is -2.11. The van der Waals surface area contributed by atoms with Crippen LogP contribution in [0.4, 0.5) is 4.39 Å². The Morgan fingerprint density at radius 1 is 1.24 bits per heavy atom. The third kappa shape index (κ3) is 3.76. The molecule has 0 aliphatic carbocycles. The SMILES string of the molecule is COc1ccc(C(=O)CS(=O)c2cccc(C)c2)cc1F. The van der Waals surface area contributed by atoms with E-state index in [-0.39, 0.29) is 22.8 Å². The molecular weight excluding hydrogens is 291 g/mol. The number of carbonyl (C=O) groups excluding carboxylic acids is 1. The van der Waals surface area contributed by atoms with Gasteiger partial charge in [0.2, 0.25) is 0 Å². The van der Waals surface area contributed by atoms with E-state index in [4.69, 9.17) is 4.74 Å².